The first kappa shape index (κ1) is 37.7. The molecule has 0 aliphatic heterocycles. The van der Waals surface area contributed by atoms with Gasteiger partial charge in [-0.1, -0.05) is 74.5 Å². The van der Waals surface area contributed by atoms with Crippen molar-refractivity contribution in [2.24, 2.45) is 5.92 Å². The molecule has 0 unspecified atom stereocenters. The maximum Gasteiger partial charge on any atom is 0.408 e. The molecule has 4 atom stereocenters. The van der Waals surface area contributed by atoms with Crippen molar-refractivity contribution in [3.05, 3.63) is 106 Å². The van der Waals surface area contributed by atoms with Crippen LogP contribution >= 0.6 is 0 Å². The number of non-ortho nitro benzene ring substituents is 1. The Morgan fingerprint density at radius 3 is 1.76 bits per heavy atom. The van der Waals surface area contributed by atoms with E-state index in [1.165, 1.54) is 38.1 Å². The summed E-state index contributed by atoms with van der Waals surface area (Å²) in [4.78, 5) is 75.5. The molecule has 260 valence electrons. The number of hydrogen-bond acceptors (Lipinski definition) is 8. The molecule has 0 aliphatic carbocycles. The molecule has 3 rings (SSSR count). The fourth-order valence-corrected chi connectivity index (χ4v) is 4.64. The van der Waals surface area contributed by atoms with E-state index < -0.39 is 58.8 Å². The van der Waals surface area contributed by atoms with Crippen LogP contribution < -0.4 is 26.6 Å². The van der Waals surface area contributed by atoms with Crippen LogP contribution in [0, 0.1) is 16.0 Å². The van der Waals surface area contributed by atoms with Crippen LogP contribution in [-0.4, -0.2) is 58.8 Å². The number of alkyl carbamates (subject to hydrolysis) is 1. The van der Waals surface area contributed by atoms with Gasteiger partial charge in [-0.3, -0.25) is 29.3 Å². The third-order valence-electron chi connectivity index (χ3n) is 7.29. The average Bonchev–Trinajstić information content (AvgIpc) is 3.07. The highest BCUT2D eigenvalue weighted by Gasteiger charge is 2.30. The third-order valence-corrected chi connectivity index (χ3v) is 7.29. The van der Waals surface area contributed by atoms with E-state index in [4.69, 9.17) is 4.74 Å². The van der Waals surface area contributed by atoms with Gasteiger partial charge >= 0.3 is 6.09 Å². The van der Waals surface area contributed by atoms with Gasteiger partial charge in [-0.15, -0.1) is 0 Å². The Morgan fingerprint density at radius 2 is 1.18 bits per heavy atom. The van der Waals surface area contributed by atoms with Crippen molar-refractivity contribution in [3.8, 4) is 0 Å². The lowest BCUT2D eigenvalue weighted by atomic mass is 10.0. The quantitative estimate of drug-likeness (QED) is 0.112. The van der Waals surface area contributed by atoms with E-state index in [0.717, 1.165) is 11.1 Å². The molecule has 0 saturated carbocycles. The summed E-state index contributed by atoms with van der Waals surface area (Å²) < 4.78 is 5.14. The predicted molar refractivity (Wildman–Crippen MR) is 182 cm³/mol. The number of carbonyl (C=O) groups is 5. The summed E-state index contributed by atoms with van der Waals surface area (Å²) in [6.07, 6.45) is -0.454. The lowest BCUT2D eigenvalue weighted by Crippen LogP contribution is -2.57. The number of amides is 5. The van der Waals surface area contributed by atoms with Crippen molar-refractivity contribution in [1.82, 2.24) is 21.3 Å². The summed E-state index contributed by atoms with van der Waals surface area (Å²) in [6.45, 7) is 6.63. The SMILES string of the molecule is CC(C)C[C@H](NC(=O)[C@H](C)NC(=O)[C@H](C)NC(=O)OCc1ccccc1)C(=O)N[C@@H](Cc1ccccc1)C(=O)Nc1ccc([N+](=O)[O-])cc1. The number of nitrogens with zero attached hydrogens (tertiary/aromatic N) is 1. The number of nitrogens with one attached hydrogen (secondary N) is 5. The van der Waals surface area contributed by atoms with Gasteiger partial charge in [0.25, 0.3) is 5.69 Å². The van der Waals surface area contributed by atoms with Gasteiger partial charge in [0.2, 0.25) is 23.6 Å². The molecule has 0 spiro atoms. The largest absolute Gasteiger partial charge is 0.445 e. The van der Waals surface area contributed by atoms with E-state index >= 15 is 0 Å². The Morgan fingerprint density at radius 1 is 0.653 bits per heavy atom. The average molecular weight is 675 g/mol. The molecule has 14 nitrogen and oxygen atoms in total. The molecule has 5 amide bonds. The Bertz CT molecular complexity index is 1580. The summed E-state index contributed by atoms with van der Waals surface area (Å²) in [5, 5.41) is 24.1. The molecule has 49 heavy (non-hydrogen) atoms. The standard InChI is InChI=1S/C35H42N6O8/c1-22(2)19-29(39-32(43)23(3)36-31(42)24(4)37-35(46)49-21-26-13-9-6-10-14-26)34(45)40-30(20-25-11-7-5-8-12-25)33(44)38-27-15-17-28(18-16-27)41(47)48/h5-18,22-24,29-30H,19-21H2,1-4H3,(H,36,42)(H,37,46)(H,38,44)(H,39,43)(H,40,45)/t23-,24-,29-,30-/m0/s1. The summed E-state index contributed by atoms with van der Waals surface area (Å²) in [5.41, 5.74) is 1.69. The molecule has 0 saturated heterocycles. The Hall–Kier alpha value is -5.79. The second-order valence-corrected chi connectivity index (χ2v) is 11.9. The molecular formula is C35H42N6O8. The highest BCUT2D eigenvalue weighted by atomic mass is 16.6. The minimum Gasteiger partial charge on any atom is -0.445 e. The zero-order valence-electron chi connectivity index (χ0n) is 27.8. The molecular weight excluding hydrogens is 632 g/mol. The monoisotopic (exact) mass is 674 g/mol. The normalized spacial score (nSPS) is 13.2. The molecule has 3 aromatic rings. The van der Waals surface area contributed by atoms with Crippen LogP contribution in [0.4, 0.5) is 16.2 Å². The molecule has 0 aliphatic rings. The van der Waals surface area contributed by atoms with Crippen LogP contribution in [-0.2, 0) is 36.9 Å². The predicted octanol–water partition coefficient (Wildman–Crippen LogP) is 3.61. The smallest absolute Gasteiger partial charge is 0.408 e. The van der Waals surface area contributed by atoms with Gasteiger partial charge in [-0.2, -0.15) is 0 Å². The molecule has 0 radical (unpaired) electrons. The fraction of sp³-hybridized carbons (Fsp3) is 0.343. The van der Waals surface area contributed by atoms with E-state index in [-0.39, 0.29) is 31.1 Å². The minimum atomic E-state index is -1.08. The van der Waals surface area contributed by atoms with E-state index in [2.05, 4.69) is 26.6 Å². The van der Waals surface area contributed by atoms with Crippen molar-refractivity contribution < 1.29 is 33.6 Å². The zero-order chi connectivity index (χ0) is 35.9. The second kappa shape index (κ2) is 18.5. The topological polar surface area (TPSA) is 198 Å². The van der Waals surface area contributed by atoms with Gasteiger partial charge in [-0.25, -0.2) is 4.79 Å². The van der Waals surface area contributed by atoms with Gasteiger partial charge < -0.3 is 31.3 Å². The first-order valence-electron chi connectivity index (χ1n) is 15.8. The number of ether oxygens (including phenoxy) is 1. The lowest BCUT2D eigenvalue weighted by Gasteiger charge is -2.26. The number of benzene rings is 3. The van der Waals surface area contributed by atoms with Gasteiger partial charge in [0.05, 0.1) is 4.92 Å². The molecule has 3 aromatic carbocycles. The number of hydrogen-bond donors (Lipinski definition) is 5. The number of rotatable bonds is 16. The van der Waals surface area contributed by atoms with Crippen molar-refractivity contribution >= 4 is 41.1 Å². The van der Waals surface area contributed by atoms with Crippen LogP contribution in [0.15, 0.2) is 84.9 Å². The van der Waals surface area contributed by atoms with Crippen molar-refractivity contribution in [1.29, 1.82) is 0 Å². The van der Waals surface area contributed by atoms with Crippen LogP contribution in [0.3, 0.4) is 0 Å². The van der Waals surface area contributed by atoms with E-state index in [1.54, 1.807) is 48.5 Å². The first-order valence-corrected chi connectivity index (χ1v) is 15.8. The van der Waals surface area contributed by atoms with E-state index in [9.17, 15) is 34.1 Å². The number of nitro groups is 1. The Kier molecular flexibility index (Phi) is 14.2. The lowest BCUT2D eigenvalue weighted by molar-refractivity contribution is -0.384. The molecule has 0 bridgehead atoms. The molecule has 0 fully saturated rings. The highest BCUT2D eigenvalue weighted by molar-refractivity contribution is 5.99. The van der Waals surface area contributed by atoms with Crippen LogP contribution in [0.25, 0.3) is 0 Å². The second-order valence-electron chi connectivity index (χ2n) is 11.9. The number of nitro benzene ring substituents is 1. The fourth-order valence-electron chi connectivity index (χ4n) is 4.64. The van der Waals surface area contributed by atoms with Crippen LogP contribution in [0.1, 0.15) is 45.2 Å². The summed E-state index contributed by atoms with van der Waals surface area (Å²) in [5.74, 6) is -2.51. The maximum absolute atomic E-state index is 13.6. The van der Waals surface area contributed by atoms with Gasteiger partial charge in [0, 0.05) is 24.2 Å². The van der Waals surface area contributed by atoms with E-state index in [1.807, 2.05) is 26.0 Å². The molecule has 0 aromatic heterocycles. The van der Waals surface area contributed by atoms with E-state index in [0.29, 0.717) is 5.69 Å². The van der Waals surface area contributed by atoms with Crippen molar-refractivity contribution in [2.45, 2.75) is 71.3 Å². The van der Waals surface area contributed by atoms with Crippen LogP contribution in [0.2, 0.25) is 0 Å². The number of anilines is 1. The molecule has 14 heteroatoms. The Labute approximate surface area is 284 Å². The van der Waals surface area contributed by atoms with Crippen LogP contribution in [0.5, 0.6) is 0 Å². The van der Waals surface area contributed by atoms with Crippen molar-refractivity contribution in [2.75, 3.05) is 5.32 Å². The first-order chi connectivity index (χ1) is 23.3. The summed E-state index contributed by atoms with van der Waals surface area (Å²) in [7, 11) is 0. The maximum atomic E-state index is 13.6. The summed E-state index contributed by atoms with van der Waals surface area (Å²) >= 11 is 0. The van der Waals surface area contributed by atoms with Gasteiger partial charge in [0.15, 0.2) is 0 Å². The highest BCUT2D eigenvalue weighted by Crippen LogP contribution is 2.16. The zero-order valence-corrected chi connectivity index (χ0v) is 27.8. The van der Waals surface area contributed by atoms with Gasteiger partial charge in [-0.05, 0) is 49.4 Å². The number of carbonyl (C=O) groups excluding carboxylic acids is 5. The Balaban J connectivity index is 1.63. The van der Waals surface area contributed by atoms with Crippen molar-refractivity contribution in [3.63, 3.8) is 0 Å². The molecule has 5 N–H and O–H groups in total. The van der Waals surface area contributed by atoms with Gasteiger partial charge in [0.1, 0.15) is 30.8 Å². The molecule has 0 heterocycles. The summed E-state index contributed by atoms with van der Waals surface area (Å²) in [6, 6.07) is 19.1. The third kappa shape index (κ3) is 12.7. The minimum absolute atomic E-state index is 0.0179.